The van der Waals surface area contributed by atoms with Crippen LogP contribution in [0.5, 0.6) is 0 Å². The van der Waals surface area contributed by atoms with Gasteiger partial charge in [-0.25, -0.2) is 0 Å². The Morgan fingerprint density at radius 3 is 2.17 bits per heavy atom. The molecule has 9 heteroatoms. The van der Waals surface area contributed by atoms with Crippen LogP contribution >= 0.6 is 0 Å². The van der Waals surface area contributed by atoms with Crippen LogP contribution in [-0.2, 0) is 12.4 Å². The van der Waals surface area contributed by atoms with E-state index in [0.717, 1.165) is 0 Å². The zero-order chi connectivity index (χ0) is 17.8. The molecule has 0 saturated heterocycles. The molecule has 0 aliphatic carbocycles. The molecule has 0 radical (unpaired) electrons. The Kier molecular flexibility index (Phi) is 6.04. The van der Waals surface area contributed by atoms with E-state index in [2.05, 4.69) is 5.32 Å². The molecule has 0 heterocycles. The summed E-state index contributed by atoms with van der Waals surface area (Å²) in [6.45, 7) is 0.638. The van der Waals surface area contributed by atoms with Crippen LogP contribution in [0, 0.1) is 0 Å². The molecule has 0 aliphatic heterocycles. The summed E-state index contributed by atoms with van der Waals surface area (Å²) in [6, 6.07) is 0.813. The number of nitrogens with one attached hydrogen (secondary N) is 1. The first-order chi connectivity index (χ1) is 10.4. The van der Waals surface area contributed by atoms with Gasteiger partial charge in [0.05, 0.1) is 16.7 Å². The number of nitrogens with zero attached hydrogens (tertiary/aromatic N) is 1. The van der Waals surface area contributed by atoms with Crippen molar-refractivity contribution in [2.75, 3.05) is 27.2 Å². The van der Waals surface area contributed by atoms with E-state index in [1.165, 1.54) is 0 Å². The van der Waals surface area contributed by atoms with Crippen LogP contribution in [0.25, 0.3) is 0 Å². The highest BCUT2D eigenvalue weighted by molar-refractivity contribution is 5.96. The third-order valence-electron chi connectivity index (χ3n) is 2.96. The fraction of sp³-hybridized carbons (Fsp3) is 0.500. The van der Waals surface area contributed by atoms with E-state index < -0.39 is 35.0 Å². The maximum absolute atomic E-state index is 12.9. The normalized spacial score (nSPS) is 12.6. The molecule has 130 valence electrons. The third kappa shape index (κ3) is 5.74. The second-order valence-corrected chi connectivity index (χ2v) is 5.17. The first-order valence-corrected chi connectivity index (χ1v) is 6.64. The molecule has 1 aromatic carbocycles. The van der Waals surface area contributed by atoms with Crippen LogP contribution in [0.2, 0.25) is 0 Å². The summed E-state index contributed by atoms with van der Waals surface area (Å²) in [5.41, 5.74) is -3.73. The van der Waals surface area contributed by atoms with Crippen molar-refractivity contribution >= 4 is 5.91 Å². The largest absolute Gasteiger partial charge is 0.417 e. The Labute approximate surface area is 129 Å². The summed E-state index contributed by atoms with van der Waals surface area (Å²) in [4.78, 5) is 13.6. The van der Waals surface area contributed by atoms with Crippen LogP contribution in [-0.4, -0.2) is 38.0 Å². The van der Waals surface area contributed by atoms with Gasteiger partial charge in [0, 0.05) is 6.54 Å². The van der Waals surface area contributed by atoms with Crippen molar-refractivity contribution < 1.29 is 31.1 Å². The van der Waals surface area contributed by atoms with Crippen molar-refractivity contribution in [1.82, 2.24) is 10.2 Å². The number of carbonyl (C=O) groups is 1. The van der Waals surface area contributed by atoms with Crippen molar-refractivity contribution in [1.29, 1.82) is 0 Å². The fourth-order valence-corrected chi connectivity index (χ4v) is 1.85. The summed E-state index contributed by atoms with van der Waals surface area (Å²) in [5, 5.41) is 2.21. The van der Waals surface area contributed by atoms with Crippen molar-refractivity contribution in [3.05, 3.63) is 34.9 Å². The molecule has 0 spiro atoms. The maximum atomic E-state index is 12.9. The number of rotatable bonds is 5. The highest BCUT2D eigenvalue weighted by atomic mass is 19.4. The van der Waals surface area contributed by atoms with E-state index in [1.807, 2.05) is 0 Å². The minimum Gasteiger partial charge on any atom is -0.352 e. The lowest BCUT2D eigenvalue weighted by Gasteiger charge is -2.16. The molecule has 1 amide bonds. The first-order valence-electron chi connectivity index (χ1n) is 6.64. The van der Waals surface area contributed by atoms with Crippen LogP contribution in [0.3, 0.4) is 0 Å². The summed E-state index contributed by atoms with van der Waals surface area (Å²) in [6.07, 6.45) is -9.29. The summed E-state index contributed by atoms with van der Waals surface area (Å²) >= 11 is 0. The van der Waals surface area contributed by atoms with Gasteiger partial charge in [-0.05, 0) is 45.3 Å². The molecule has 1 aromatic rings. The number of benzene rings is 1. The number of amides is 1. The van der Waals surface area contributed by atoms with E-state index in [0.29, 0.717) is 19.0 Å². The minimum absolute atomic E-state index is 0.0601. The summed E-state index contributed by atoms with van der Waals surface area (Å²) in [7, 11) is 3.55. The zero-order valence-electron chi connectivity index (χ0n) is 12.5. The van der Waals surface area contributed by atoms with E-state index in [-0.39, 0.29) is 18.7 Å². The average molecular weight is 342 g/mol. The molecule has 0 unspecified atom stereocenters. The standard InChI is InChI=1S/C14H16F6N2O/c1-22(2)7-3-6-21-12(23)10-8-9(13(15,16)17)4-5-11(10)14(18,19)20/h4-5,8H,3,6-7H2,1-2H3,(H,21,23). The van der Waals surface area contributed by atoms with Crippen molar-refractivity contribution in [2.24, 2.45) is 0 Å². The van der Waals surface area contributed by atoms with Gasteiger partial charge in [0.25, 0.3) is 5.91 Å². The molecule has 0 aromatic heterocycles. The molecule has 23 heavy (non-hydrogen) atoms. The Bertz CT molecular complexity index is 551. The van der Waals surface area contributed by atoms with Crippen LogP contribution in [0.4, 0.5) is 26.3 Å². The quantitative estimate of drug-likeness (QED) is 0.657. The smallest absolute Gasteiger partial charge is 0.352 e. The minimum atomic E-state index is -4.92. The zero-order valence-corrected chi connectivity index (χ0v) is 12.5. The van der Waals surface area contributed by atoms with Gasteiger partial charge in [-0.1, -0.05) is 0 Å². The average Bonchev–Trinajstić information content (AvgIpc) is 2.40. The van der Waals surface area contributed by atoms with Crippen molar-refractivity contribution in [3.8, 4) is 0 Å². The molecule has 0 aliphatic rings. The highest BCUT2D eigenvalue weighted by Gasteiger charge is 2.38. The number of alkyl halides is 6. The molecule has 0 bridgehead atoms. The Hall–Kier alpha value is -1.77. The third-order valence-corrected chi connectivity index (χ3v) is 2.96. The maximum Gasteiger partial charge on any atom is 0.417 e. The second-order valence-electron chi connectivity index (χ2n) is 5.17. The topological polar surface area (TPSA) is 32.3 Å². The number of hydrogen-bond acceptors (Lipinski definition) is 2. The van der Waals surface area contributed by atoms with Gasteiger partial charge >= 0.3 is 12.4 Å². The molecular formula is C14H16F6N2O. The highest BCUT2D eigenvalue weighted by Crippen LogP contribution is 2.36. The van der Waals surface area contributed by atoms with Gasteiger partial charge in [0.15, 0.2) is 0 Å². The second kappa shape index (κ2) is 7.20. The Balaban J connectivity index is 3.03. The van der Waals surface area contributed by atoms with Gasteiger partial charge in [-0.2, -0.15) is 26.3 Å². The lowest BCUT2D eigenvalue weighted by Crippen LogP contribution is -2.29. The SMILES string of the molecule is CN(C)CCCNC(=O)c1cc(C(F)(F)F)ccc1C(F)(F)F. The molecule has 1 rings (SSSR count). The van der Waals surface area contributed by atoms with Gasteiger partial charge in [0.2, 0.25) is 0 Å². The molecule has 0 fully saturated rings. The lowest BCUT2D eigenvalue weighted by molar-refractivity contribution is -0.141. The first kappa shape index (κ1) is 19.3. The number of carbonyl (C=O) groups excluding carboxylic acids is 1. The van der Waals surface area contributed by atoms with E-state index >= 15 is 0 Å². The van der Waals surface area contributed by atoms with E-state index in [1.54, 1.807) is 19.0 Å². The Morgan fingerprint density at radius 2 is 1.70 bits per heavy atom. The Morgan fingerprint density at radius 1 is 1.09 bits per heavy atom. The predicted octanol–water partition coefficient (Wildman–Crippen LogP) is 3.41. The summed E-state index contributed by atoms with van der Waals surface area (Å²) in [5.74, 6) is -1.18. The van der Waals surface area contributed by atoms with Crippen molar-refractivity contribution in [2.45, 2.75) is 18.8 Å². The fourth-order valence-electron chi connectivity index (χ4n) is 1.85. The monoisotopic (exact) mass is 342 g/mol. The lowest BCUT2D eigenvalue weighted by atomic mass is 10.0. The molecule has 1 N–H and O–H groups in total. The summed E-state index contributed by atoms with van der Waals surface area (Å²) < 4.78 is 76.5. The van der Waals surface area contributed by atoms with Gasteiger partial charge in [-0.3, -0.25) is 4.79 Å². The van der Waals surface area contributed by atoms with E-state index in [9.17, 15) is 31.1 Å². The van der Waals surface area contributed by atoms with Gasteiger partial charge in [0.1, 0.15) is 0 Å². The molecule has 0 saturated carbocycles. The van der Waals surface area contributed by atoms with Gasteiger partial charge in [-0.15, -0.1) is 0 Å². The molecule has 3 nitrogen and oxygen atoms in total. The van der Waals surface area contributed by atoms with Gasteiger partial charge < -0.3 is 10.2 Å². The predicted molar refractivity (Wildman–Crippen MR) is 72.0 cm³/mol. The van der Waals surface area contributed by atoms with Crippen molar-refractivity contribution in [3.63, 3.8) is 0 Å². The number of halogens is 6. The molecule has 0 atom stereocenters. The van der Waals surface area contributed by atoms with Crippen LogP contribution < -0.4 is 5.32 Å². The molecular weight excluding hydrogens is 326 g/mol. The van der Waals surface area contributed by atoms with E-state index in [4.69, 9.17) is 0 Å². The number of hydrogen-bond donors (Lipinski definition) is 1. The van der Waals surface area contributed by atoms with Crippen LogP contribution in [0.1, 0.15) is 27.9 Å². The van der Waals surface area contributed by atoms with Crippen LogP contribution in [0.15, 0.2) is 18.2 Å².